The Balaban J connectivity index is 1.79. The zero-order valence-electron chi connectivity index (χ0n) is 15.7. The average Bonchev–Trinajstić information content (AvgIpc) is 2.64. The molecule has 132 valence electrons. The van der Waals surface area contributed by atoms with E-state index in [4.69, 9.17) is 4.74 Å². The van der Waals surface area contributed by atoms with Crippen LogP contribution in [0.3, 0.4) is 0 Å². The van der Waals surface area contributed by atoms with Gasteiger partial charge in [0, 0.05) is 14.1 Å². The maximum absolute atomic E-state index is 6.10. The Bertz CT molecular complexity index is 897. The van der Waals surface area contributed by atoms with Crippen molar-refractivity contribution >= 4 is 12.0 Å². The summed E-state index contributed by atoms with van der Waals surface area (Å²) in [5, 5.41) is 0. The van der Waals surface area contributed by atoms with E-state index in [9.17, 15) is 0 Å². The van der Waals surface area contributed by atoms with Gasteiger partial charge in [0.25, 0.3) is 0 Å². The first-order chi connectivity index (χ1) is 12.5. The van der Waals surface area contributed by atoms with Gasteiger partial charge < -0.3 is 9.64 Å². The number of aliphatic imine (C=N–C) groups is 1. The lowest BCUT2D eigenvalue weighted by molar-refractivity contribution is 0.478. The Morgan fingerprint density at radius 3 is 2.12 bits per heavy atom. The molecule has 0 aliphatic rings. The summed E-state index contributed by atoms with van der Waals surface area (Å²) in [6, 6.07) is 22.6. The fourth-order valence-corrected chi connectivity index (χ4v) is 2.67. The van der Waals surface area contributed by atoms with Crippen LogP contribution in [0.2, 0.25) is 0 Å². The van der Waals surface area contributed by atoms with Crippen LogP contribution >= 0.6 is 0 Å². The Hall–Kier alpha value is -3.07. The van der Waals surface area contributed by atoms with Crippen molar-refractivity contribution < 1.29 is 4.74 Å². The van der Waals surface area contributed by atoms with Gasteiger partial charge in [-0.3, -0.25) is 0 Å². The molecule has 0 atom stereocenters. The number of nitrogens with zero attached hydrogens (tertiary/aromatic N) is 2. The smallest absolute Gasteiger partial charge is 0.130 e. The van der Waals surface area contributed by atoms with E-state index in [-0.39, 0.29) is 0 Å². The molecule has 26 heavy (non-hydrogen) atoms. The molecule has 0 saturated carbocycles. The Labute approximate surface area is 155 Å². The molecule has 3 aromatic carbocycles. The van der Waals surface area contributed by atoms with Gasteiger partial charge in [-0.1, -0.05) is 42.5 Å². The van der Waals surface area contributed by atoms with E-state index in [2.05, 4.69) is 35.3 Å². The minimum atomic E-state index is 0.830. The molecule has 0 unspecified atom stereocenters. The molecule has 0 heterocycles. The third-order valence-corrected chi connectivity index (χ3v) is 4.11. The number of aryl methyl sites for hydroxylation is 2. The number of hydrogen-bond acceptors (Lipinski definition) is 2. The summed E-state index contributed by atoms with van der Waals surface area (Å²) in [4.78, 5) is 6.43. The van der Waals surface area contributed by atoms with Crippen molar-refractivity contribution in [3.8, 4) is 22.6 Å². The molecule has 3 heteroatoms. The van der Waals surface area contributed by atoms with Crippen molar-refractivity contribution in [2.24, 2.45) is 4.99 Å². The highest BCUT2D eigenvalue weighted by Crippen LogP contribution is 2.32. The predicted octanol–water partition coefficient (Wildman–Crippen LogP) is 5.98. The highest BCUT2D eigenvalue weighted by atomic mass is 16.5. The van der Waals surface area contributed by atoms with Crippen LogP contribution in [0.15, 0.2) is 71.7 Å². The maximum atomic E-state index is 6.10. The number of rotatable bonds is 5. The molecule has 3 nitrogen and oxygen atoms in total. The van der Waals surface area contributed by atoms with Crippen LogP contribution in [0.1, 0.15) is 11.1 Å². The van der Waals surface area contributed by atoms with Crippen molar-refractivity contribution in [2.45, 2.75) is 13.8 Å². The standard InChI is InChI=1S/C23H24N2O/c1-17-15-23(18(2)14-22(17)24-16-25(3)4)26-21-12-10-20(11-13-21)19-8-6-5-7-9-19/h5-16H,1-4H3/b24-16+. The number of hydrogen-bond donors (Lipinski definition) is 0. The Morgan fingerprint density at radius 2 is 1.46 bits per heavy atom. The van der Waals surface area contributed by atoms with Gasteiger partial charge in [-0.05, 0) is 60.4 Å². The molecule has 0 saturated heterocycles. The summed E-state index contributed by atoms with van der Waals surface area (Å²) in [6.45, 7) is 4.09. The molecular formula is C23H24N2O. The Morgan fingerprint density at radius 1 is 0.808 bits per heavy atom. The van der Waals surface area contributed by atoms with Crippen molar-refractivity contribution in [3.63, 3.8) is 0 Å². The van der Waals surface area contributed by atoms with Crippen molar-refractivity contribution in [1.82, 2.24) is 4.90 Å². The highest BCUT2D eigenvalue weighted by Gasteiger charge is 2.07. The van der Waals surface area contributed by atoms with Gasteiger partial charge in [-0.15, -0.1) is 0 Å². The zero-order valence-corrected chi connectivity index (χ0v) is 15.7. The van der Waals surface area contributed by atoms with E-state index in [1.54, 1.807) is 0 Å². The maximum Gasteiger partial charge on any atom is 0.130 e. The molecule has 0 bridgehead atoms. The van der Waals surface area contributed by atoms with E-state index in [1.807, 2.05) is 75.6 Å². The lowest BCUT2D eigenvalue weighted by Crippen LogP contribution is -2.07. The molecule has 0 aliphatic heterocycles. The molecule has 0 aromatic heterocycles. The second kappa shape index (κ2) is 7.87. The third-order valence-electron chi connectivity index (χ3n) is 4.11. The summed E-state index contributed by atoms with van der Waals surface area (Å²) in [5.41, 5.74) is 5.50. The predicted molar refractivity (Wildman–Crippen MR) is 110 cm³/mol. The second-order valence-electron chi connectivity index (χ2n) is 6.60. The highest BCUT2D eigenvalue weighted by molar-refractivity contribution is 5.65. The van der Waals surface area contributed by atoms with Crippen LogP contribution in [0.25, 0.3) is 11.1 Å². The molecular weight excluding hydrogens is 320 g/mol. The largest absolute Gasteiger partial charge is 0.457 e. The van der Waals surface area contributed by atoms with Gasteiger partial charge in [-0.2, -0.15) is 0 Å². The van der Waals surface area contributed by atoms with E-state index in [0.717, 1.165) is 28.3 Å². The van der Waals surface area contributed by atoms with Gasteiger partial charge in [0.05, 0.1) is 12.0 Å². The first-order valence-corrected chi connectivity index (χ1v) is 8.68. The summed E-state index contributed by atoms with van der Waals surface area (Å²) in [7, 11) is 3.92. The van der Waals surface area contributed by atoms with Crippen LogP contribution in [0, 0.1) is 13.8 Å². The SMILES string of the molecule is Cc1cc(Oc2ccc(-c3ccccc3)cc2)c(C)cc1/N=C/N(C)C. The van der Waals surface area contributed by atoms with E-state index < -0.39 is 0 Å². The summed E-state index contributed by atoms with van der Waals surface area (Å²) in [6.07, 6.45) is 1.81. The minimum Gasteiger partial charge on any atom is -0.457 e. The topological polar surface area (TPSA) is 24.8 Å². The molecule has 3 aromatic rings. The lowest BCUT2D eigenvalue weighted by Gasteiger charge is -2.12. The van der Waals surface area contributed by atoms with Crippen LogP contribution in [0.5, 0.6) is 11.5 Å². The van der Waals surface area contributed by atoms with Gasteiger partial charge in [0.2, 0.25) is 0 Å². The first kappa shape index (κ1) is 17.7. The fraction of sp³-hybridized carbons (Fsp3) is 0.174. The van der Waals surface area contributed by atoms with Crippen LogP contribution in [-0.2, 0) is 0 Å². The molecule has 0 fully saturated rings. The molecule has 0 spiro atoms. The average molecular weight is 344 g/mol. The minimum absolute atomic E-state index is 0.830. The van der Waals surface area contributed by atoms with E-state index in [0.29, 0.717) is 0 Å². The monoisotopic (exact) mass is 344 g/mol. The van der Waals surface area contributed by atoms with Gasteiger partial charge >= 0.3 is 0 Å². The van der Waals surface area contributed by atoms with Crippen molar-refractivity contribution in [3.05, 3.63) is 77.9 Å². The third kappa shape index (κ3) is 4.31. The zero-order chi connectivity index (χ0) is 18.5. The van der Waals surface area contributed by atoms with E-state index in [1.165, 1.54) is 11.1 Å². The lowest BCUT2D eigenvalue weighted by atomic mass is 10.1. The molecule has 3 rings (SSSR count). The number of benzene rings is 3. The fourth-order valence-electron chi connectivity index (χ4n) is 2.67. The van der Waals surface area contributed by atoms with Crippen molar-refractivity contribution in [2.75, 3.05) is 14.1 Å². The quantitative estimate of drug-likeness (QED) is 0.420. The van der Waals surface area contributed by atoms with Crippen LogP contribution < -0.4 is 4.74 Å². The molecule has 0 aliphatic carbocycles. The molecule has 0 radical (unpaired) electrons. The summed E-state index contributed by atoms with van der Waals surface area (Å²) >= 11 is 0. The number of ether oxygens (including phenoxy) is 1. The molecule has 0 amide bonds. The van der Waals surface area contributed by atoms with Gasteiger partial charge in [0.15, 0.2) is 0 Å². The van der Waals surface area contributed by atoms with Crippen molar-refractivity contribution in [1.29, 1.82) is 0 Å². The normalized spacial score (nSPS) is 10.9. The van der Waals surface area contributed by atoms with Crippen LogP contribution in [0.4, 0.5) is 5.69 Å². The first-order valence-electron chi connectivity index (χ1n) is 8.68. The molecule has 0 N–H and O–H groups in total. The van der Waals surface area contributed by atoms with Crippen LogP contribution in [-0.4, -0.2) is 25.3 Å². The van der Waals surface area contributed by atoms with Gasteiger partial charge in [0.1, 0.15) is 11.5 Å². The Kier molecular flexibility index (Phi) is 5.37. The van der Waals surface area contributed by atoms with E-state index >= 15 is 0 Å². The summed E-state index contributed by atoms with van der Waals surface area (Å²) in [5.74, 6) is 1.69. The van der Waals surface area contributed by atoms with Gasteiger partial charge in [-0.25, -0.2) is 4.99 Å². The second-order valence-corrected chi connectivity index (χ2v) is 6.60. The summed E-state index contributed by atoms with van der Waals surface area (Å²) < 4.78 is 6.10.